The number of hydrogen-bond acceptors (Lipinski definition) is 3. The minimum Gasteiger partial charge on any atom is -0.606 e. The van der Waals surface area contributed by atoms with Gasteiger partial charge < -0.3 is 14.4 Å². The molecule has 0 aromatic heterocycles. The van der Waals surface area contributed by atoms with E-state index in [1.807, 2.05) is 0 Å². The molecule has 0 amide bonds. The van der Waals surface area contributed by atoms with Crippen LogP contribution in [0.15, 0.2) is 51.8 Å². The van der Waals surface area contributed by atoms with Crippen molar-refractivity contribution in [3.05, 3.63) is 57.6 Å². The van der Waals surface area contributed by atoms with Crippen LogP contribution >= 0.6 is 23.2 Å². The molecule has 142 valence electrons. The van der Waals surface area contributed by atoms with Gasteiger partial charge in [0.05, 0.1) is 10.6 Å². The van der Waals surface area contributed by atoms with E-state index in [0.717, 1.165) is 12.1 Å². The van der Waals surface area contributed by atoms with Gasteiger partial charge in [-0.3, -0.25) is 0 Å². The van der Waals surface area contributed by atoms with E-state index in [0.29, 0.717) is 9.92 Å². The smallest absolute Gasteiger partial charge is 0.430 e. The summed E-state index contributed by atoms with van der Waals surface area (Å²) in [7, 11) is 0. The minimum absolute atomic E-state index is 0.00270. The fourth-order valence-corrected chi connectivity index (χ4v) is 4.04. The fraction of sp³-hybridized carbons (Fsp3) is 0.118. The topological polar surface area (TPSA) is 69.6 Å². The Morgan fingerprint density at radius 2 is 1.81 bits per heavy atom. The largest absolute Gasteiger partial charge is 0.606 e. The van der Waals surface area contributed by atoms with E-state index in [4.69, 9.17) is 33.0 Å². The number of benzene rings is 2. The molecule has 1 aliphatic rings. The maximum Gasteiger partial charge on any atom is 0.430 e. The highest BCUT2D eigenvalue weighted by Gasteiger charge is 2.48. The Bertz CT molecular complexity index is 929. The number of hydrogen-bond donors (Lipinski definition) is 1. The monoisotopic (exact) mass is 436 g/mol. The SMILES string of the molecule is O=C(O)C1=Cc2cc(Cl)c([S+]([O-])c3ccc(Cl)cc3)cc2OC1C(F)(F)F. The standard InChI is InChI=1S/C17H9Cl2F3O4S/c18-9-1-3-10(4-2-9)27(25)14-7-13-8(6-12(14)19)5-11(16(23)24)15(26-13)17(20,21)22/h1-7,15H,(H,23,24). The molecule has 1 N–H and O–H groups in total. The zero-order valence-electron chi connectivity index (χ0n) is 13.1. The minimum atomic E-state index is -4.93. The van der Waals surface area contributed by atoms with Crippen molar-refractivity contribution in [1.29, 1.82) is 0 Å². The van der Waals surface area contributed by atoms with Crippen molar-refractivity contribution in [2.75, 3.05) is 0 Å². The summed E-state index contributed by atoms with van der Waals surface area (Å²) in [6, 6.07) is 8.36. The molecular weight excluding hydrogens is 428 g/mol. The highest BCUT2D eigenvalue weighted by Crippen LogP contribution is 2.41. The molecule has 0 aliphatic carbocycles. The number of alkyl halides is 3. The van der Waals surface area contributed by atoms with Crippen LogP contribution in [0.5, 0.6) is 5.75 Å². The highest BCUT2D eigenvalue weighted by molar-refractivity contribution is 7.91. The Hall–Kier alpha value is -1.87. The van der Waals surface area contributed by atoms with Crippen LogP contribution in [-0.2, 0) is 16.0 Å². The average Bonchev–Trinajstić information content (AvgIpc) is 2.59. The van der Waals surface area contributed by atoms with Crippen molar-refractivity contribution < 1.29 is 32.4 Å². The second kappa shape index (κ2) is 7.27. The number of ether oxygens (including phenoxy) is 1. The summed E-state index contributed by atoms with van der Waals surface area (Å²) in [5.74, 6) is -2.02. The molecule has 0 saturated heterocycles. The van der Waals surface area contributed by atoms with E-state index in [9.17, 15) is 22.5 Å². The predicted octanol–water partition coefficient (Wildman–Crippen LogP) is 4.95. The number of rotatable bonds is 3. The second-order valence-corrected chi connectivity index (χ2v) is 7.78. The molecule has 3 rings (SSSR count). The summed E-state index contributed by atoms with van der Waals surface area (Å²) < 4.78 is 57.1. The third kappa shape index (κ3) is 4.03. The maximum absolute atomic E-state index is 13.2. The van der Waals surface area contributed by atoms with Gasteiger partial charge in [-0.15, -0.1) is 0 Å². The van der Waals surface area contributed by atoms with E-state index < -0.39 is 35.0 Å². The van der Waals surface area contributed by atoms with Gasteiger partial charge in [0, 0.05) is 27.8 Å². The summed E-state index contributed by atoms with van der Waals surface area (Å²) in [6.45, 7) is 0. The summed E-state index contributed by atoms with van der Waals surface area (Å²) in [6.07, 6.45) is -6.72. The zero-order chi connectivity index (χ0) is 19.9. The molecule has 2 aromatic rings. The Balaban J connectivity index is 2.06. The molecule has 0 fully saturated rings. The quantitative estimate of drug-likeness (QED) is 0.690. The first kappa shape index (κ1) is 19.9. The van der Waals surface area contributed by atoms with E-state index in [1.54, 1.807) is 0 Å². The second-order valence-electron chi connectivity index (χ2n) is 5.49. The number of carbonyl (C=O) groups is 1. The van der Waals surface area contributed by atoms with Crippen molar-refractivity contribution in [1.82, 2.24) is 0 Å². The third-order valence-electron chi connectivity index (χ3n) is 3.67. The van der Waals surface area contributed by atoms with Gasteiger partial charge in [0.25, 0.3) is 0 Å². The molecule has 4 nitrogen and oxygen atoms in total. The number of carboxylic acids is 1. The zero-order valence-corrected chi connectivity index (χ0v) is 15.4. The summed E-state index contributed by atoms with van der Waals surface area (Å²) in [4.78, 5) is 11.5. The lowest BCUT2D eigenvalue weighted by atomic mass is 10.0. The van der Waals surface area contributed by atoms with Crippen molar-refractivity contribution in [3.8, 4) is 5.75 Å². The van der Waals surface area contributed by atoms with Gasteiger partial charge in [0.1, 0.15) is 5.75 Å². The lowest BCUT2D eigenvalue weighted by Crippen LogP contribution is -2.40. The first-order valence-electron chi connectivity index (χ1n) is 7.27. The average molecular weight is 437 g/mol. The van der Waals surface area contributed by atoms with Gasteiger partial charge in [0.2, 0.25) is 6.10 Å². The number of carboxylic acid groups (broad SMARTS) is 1. The number of aliphatic carboxylic acids is 1. The van der Waals surface area contributed by atoms with E-state index >= 15 is 0 Å². The summed E-state index contributed by atoms with van der Waals surface area (Å²) in [5.41, 5.74) is -0.910. The Labute approximate surface area is 164 Å². The molecule has 0 bridgehead atoms. The fourth-order valence-electron chi connectivity index (χ4n) is 2.44. The molecule has 2 atom stereocenters. The van der Waals surface area contributed by atoms with Gasteiger partial charge >= 0.3 is 12.1 Å². The Morgan fingerprint density at radius 3 is 2.37 bits per heavy atom. The molecule has 1 heterocycles. The van der Waals surface area contributed by atoms with Crippen LogP contribution in [0.25, 0.3) is 6.08 Å². The highest BCUT2D eigenvalue weighted by atomic mass is 35.5. The molecule has 0 spiro atoms. The lowest BCUT2D eigenvalue weighted by Gasteiger charge is -2.27. The van der Waals surface area contributed by atoms with Crippen LogP contribution in [0.1, 0.15) is 5.56 Å². The van der Waals surface area contributed by atoms with Gasteiger partial charge in [-0.2, -0.15) is 13.2 Å². The van der Waals surface area contributed by atoms with Crippen molar-refractivity contribution in [2.24, 2.45) is 0 Å². The number of halogens is 5. The van der Waals surface area contributed by atoms with Crippen molar-refractivity contribution >= 4 is 46.4 Å². The maximum atomic E-state index is 13.2. The molecule has 2 aromatic carbocycles. The van der Waals surface area contributed by atoms with Crippen LogP contribution in [0.4, 0.5) is 13.2 Å². The van der Waals surface area contributed by atoms with Crippen LogP contribution in [-0.4, -0.2) is 27.9 Å². The number of fused-ring (bicyclic) bond motifs is 1. The molecule has 0 radical (unpaired) electrons. The van der Waals surface area contributed by atoms with Gasteiger partial charge in [-0.05, 0) is 36.4 Å². The molecular formula is C17H9Cl2F3O4S. The van der Waals surface area contributed by atoms with Crippen molar-refractivity contribution in [2.45, 2.75) is 22.1 Å². The van der Waals surface area contributed by atoms with E-state index in [1.165, 1.54) is 30.3 Å². The van der Waals surface area contributed by atoms with Crippen LogP contribution in [0.2, 0.25) is 10.0 Å². The Morgan fingerprint density at radius 1 is 1.19 bits per heavy atom. The normalized spacial score (nSPS) is 17.6. The summed E-state index contributed by atoms with van der Waals surface area (Å²) >= 11 is 10.1. The Kier molecular flexibility index (Phi) is 5.36. The van der Waals surface area contributed by atoms with Crippen LogP contribution < -0.4 is 4.74 Å². The van der Waals surface area contributed by atoms with E-state index in [-0.39, 0.29) is 21.2 Å². The van der Waals surface area contributed by atoms with Gasteiger partial charge in [0.15, 0.2) is 9.79 Å². The molecule has 27 heavy (non-hydrogen) atoms. The third-order valence-corrected chi connectivity index (χ3v) is 5.79. The first-order valence-corrected chi connectivity index (χ1v) is 9.17. The van der Waals surface area contributed by atoms with Gasteiger partial charge in [-0.1, -0.05) is 23.2 Å². The molecule has 1 aliphatic heterocycles. The summed E-state index contributed by atoms with van der Waals surface area (Å²) in [5, 5.41) is 9.46. The first-order chi connectivity index (χ1) is 12.6. The van der Waals surface area contributed by atoms with E-state index in [2.05, 4.69) is 0 Å². The lowest BCUT2D eigenvalue weighted by molar-refractivity contribution is -0.187. The van der Waals surface area contributed by atoms with Crippen LogP contribution in [0.3, 0.4) is 0 Å². The van der Waals surface area contributed by atoms with Gasteiger partial charge in [-0.25, -0.2) is 4.79 Å². The predicted molar refractivity (Wildman–Crippen MR) is 93.7 cm³/mol. The molecule has 10 heteroatoms. The molecule has 0 saturated carbocycles. The van der Waals surface area contributed by atoms with Crippen molar-refractivity contribution in [3.63, 3.8) is 0 Å². The van der Waals surface area contributed by atoms with Crippen LogP contribution in [0, 0.1) is 0 Å². The molecule has 2 unspecified atom stereocenters.